The molecule has 2 amide bonds. The summed E-state index contributed by atoms with van der Waals surface area (Å²) in [5, 5.41) is 5.20. The second kappa shape index (κ2) is 8.23. The van der Waals surface area contributed by atoms with Gasteiger partial charge in [-0.05, 0) is 54.1 Å². The van der Waals surface area contributed by atoms with Crippen LogP contribution < -0.4 is 10.6 Å². The summed E-state index contributed by atoms with van der Waals surface area (Å²) in [5.74, 6) is -1.66. The Morgan fingerprint density at radius 3 is 1.96 bits per heavy atom. The quantitative estimate of drug-likeness (QED) is 0.713. The summed E-state index contributed by atoms with van der Waals surface area (Å²) in [6.07, 6.45) is 0. The van der Waals surface area contributed by atoms with Crippen molar-refractivity contribution in [3.05, 3.63) is 101 Å². The number of rotatable bonds is 5. The van der Waals surface area contributed by atoms with Crippen molar-refractivity contribution in [1.82, 2.24) is 5.32 Å². The molecule has 0 saturated heterocycles. The molecule has 0 unspecified atom stereocenters. The highest BCUT2D eigenvalue weighted by molar-refractivity contribution is 6.05. The molecule has 0 atom stereocenters. The highest BCUT2D eigenvalue weighted by Crippen LogP contribution is 2.14. The monoisotopic (exact) mass is 366 g/mol. The van der Waals surface area contributed by atoms with Crippen LogP contribution in [0.4, 0.5) is 14.5 Å². The van der Waals surface area contributed by atoms with E-state index in [1.165, 1.54) is 54.6 Å². The molecule has 0 bridgehead atoms. The summed E-state index contributed by atoms with van der Waals surface area (Å²) in [5.41, 5.74) is 1.53. The molecule has 0 spiro atoms. The molecule has 0 aliphatic heterocycles. The molecule has 0 fully saturated rings. The zero-order chi connectivity index (χ0) is 19.2. The summed E-state index contributed by atoms with van der Waals surface area (Å²) in [6.45, 7) is 0.259. The minimum absolute atomic E-state index is 0.0867. The van der Waals surface area contributed by atoms with Crippen LogP contribution in [0.5, 0.6) is 0 Å². The first-order valence-electron chi connectivity index (χ1n) is 8.21. The molecule has 3 aromatic carbocycles. The van der Waals surface area contributed by atoms with Crippen LogP contribution in [0.15, 0.2) is 72.8 Å². The highest BCUT2D eigenvalue weighted by Gasteiger charge is 2.11. The van der Waals surface area contributed by atoms with Gasteiger partial charge in [-0.2, -0.15) is 0 Å². The summed E-state index contributed by atoms with van der Waals surface area (Å²) < 4.78 is 26.5. The van der Waals surface area contributed by atoms with Crippen LogP contribution in [0, 0.1) is 11.6 Å². The molecule has 0 heterocycles. The van der Waals surface area contributed by atoms with Crippen LogP contribution in [0.2, 0.25) is 0 Å². The van der Waals surface area contributed by atoms with E-state index in [0.29, 0.717) is 11.1 Å². The van der Waals surface area contributed by atoms with Gasteiger partial charge < -0.3 is 10.6 Å². The largest absolute Gasteiger partial charge is 0.348 e. The van der Waals surface area contributed by atoms with E-state index in [2.05, 4.69) is 10.6 Å². The maximum absolute atomic E-state index is 13.6. The Morgan fingerprint density at radius 1 is 0.741 bits per heavy atom. The van der Waals surface area contributed by atoms with Crippen LogP contribution in [0.25, 0.3) is 0 Å². The van der Waals surface area contributed by atoms with Gasteiger partial charge in [-0.1, -0.05) is 24.3 Å². The molecular formula is C21H16F2N2O2. The highest BCUT2D eigenvalue weighted by atomic mass is 19.1. The number of hydrogen-bond donors (Lipinski definition) is 2. The first-order valence-corrected chi connectivity index (χ1v) is 8.21. The zero-order valence-corrected chi connectivity index (χ0v) is 14.2. The molecule has 4 nitrogen and oxygen atoms in total. The fourth-order valence-corrected chi connectivity index (χ4v) is 2.42. The van der Waals surface area contributed by atoms with Gasteiger partial charge in [0.05, 0.1) is 5.69 Å². The normalized spacial score (nSPS) is 10.3. The van der Waals surface area contributed by atoms with Crippen LogP contribution >= 0.6 is 0 Å². The molecule has 3 aromatic rings. The second-order valence-corrected chi connectivity index (χ2v) is 5.82. The molecule has 0 aliphatic carbocycles. The summed E-state index contributed by atoms with van der Waals surface area (Å²) in [6, 6.07) is 17.7. The number of halogens is 2. The number of amides is 2. The van der Waals surface area contributed by atoms with E-state index in [1.807, 2.05) is 0 Å². The average Bonchev–Trinajstić information content (AvgIpc) is 2.69. The predicted octanol–water partition coefficient (Wildman–Crippen LogP) is 4.15. The lowest BCUT2D eigenvalue weighted by Gasteiger charge is -2.08. The number of benzene rings is 3. The number of nitrogens with one attached hydrogen (secondary N) is 2. The molecule has 27 heavy (non-hydrogen) atoms. The lowest BCUT2D eigenvalue weighted by atomic mass is 10.1. The Balaban J connectivity index is 1.60. The number of anilines is 1. The predicted molar refractivity (Wildman–Crippen MR) is 98.4 cm³/mol. The zero-order valence-electron chi connectivity index (χ0n) is 14.2. The first kappa shape index (κ1) is 18.3. The molecule has 0 aromatic heterocycles. The van der Waals surface area contributed by atoms with Crippen molar-refractivity contribution < 1.29 is 18.4 Å². The number of para-hydroxylation sites is 1. The molecule has 0 saturated carbocycles. The van der Waals surface area contributed by atoms with Gasteiger partial charge in [0.2, 0.25) is 0 Å². The third kappa shape index (κ3) is 4.76. The lowest BCUT2D eigenvalue weighted by Crippen LogP contribution is -2.23. The average molecular weight is 366 g/mol. The van der Waals surface area contributed by atoms with Crippen molar-refractivity contribution >= 4 is 17.5 Å². The first-order chi connectivity index (χ1) is 13.0. The molecular weight excluding hydrogens is 350 g/mol. The second-order valence-electron chi connectivity index (χ2n) is 5.82. The maximum atomic E-state index is 13.6. The smallest absolute Gasteiger partial charge is 0.255 e. The maximum Gasteiger partial charge on any atom is 0.255 e. The third-order valence-corrected chi connectivity index (χ3v) is 3.90. The van der Waals surface area contributed by atoms with Gasteiger partial charge in [0.15, 0.2) is 0 Å². The number of hydrogen-bond acceptors (Lipinski definition) is 2. The van der Waals surface area contributed by atoms with Gasteiger partial charge >= 0.3 is 0 Å². The van der Waals surface area contributed by atoms with Crippen molar-refractivity contribution in [2.45, 2.75) is 6.54 Å². The molecule has 6 heteroatoms. The van der Waals surface area contributed by atoms with Crippen molar-refractivity contribution in [1.29, 1.82) is 0 Å². The Hall–Kier alpha value is -3.54. The van der Waals surface area contributed by atoms with E-state index in [1.54, 1.807) is 18.2 Å². The van der Waals surface area contributed by atoms with Crippen molar-refractivity contribution in [2.24, 2.45) is 0 Å². The van der Waals surface area contributed by atoms with Crippen LogP contribution in [0.1, 0.15) is 26.3 Å². The minimum atomic E-state index is -0.525. The van der Waals surface area contributed by atoms with Crippen LogP contribution in [0.3, 0.4) is 0 Å². The molecule has 136 valence electrons. The van der Waals surface area contributed by atoms with Crippen LogP contribution in [-0.4, -0.2) is 11.8 Å². The van der Waals surface area contributed by atoms with E-state index < -0.39 is 11.7 Å². The Kier molecular flexibility index (Phi) is 5.56. The van der Waals surface area contributed by atoms with E-state index in [4.69, 9.17) is 0 Å². The van der Waals surface area contributed by atoms with Gasteiger partial charge in [-0.3, -0.25) is 9.59 Å². The van der Waals surface area contributed by atoms with E-state index >= 15 is 0 Å². The van der Waals surface area contributed by atoms with Crippen molar-refractivity contribution in [3.8, 4) is 0 Å². The summed E-state index contributed by atoms with van der Waals surface area (Å²) in [4.78, 5) is 24.3. The molecule has 3 rings (SSSR count). The van der Waals surface area contributed by atoms with Gasteiger partial charge in [0, 0.05) is 17.7 Å². The van der Waals surface area contributed by atoms with Gasteiger partial charge in [-0.25, -0.2) is 8.78 Å². The third-order valence-electron chi connectivity index (χ3n) is 3.90. The van der Waals surface area contributed by atoms with Gasteiger partial charge in [-0.15, -0.1) is 0 Å². The Morgan fingerprint density at radius 2 is 1.33 bits per heavy atom. The van der Waals surface area contributed by atoms with Crippen molar-refractivity contribution in [2.75, 3.05) is 5.32 Å². The standard InChI is InChI=1S/C21H16F2N2O2/c22-17-11-5-14(6-12-17)13-24-20(26)15-7-9-16(10-8-15)21(27)25-19-4-2-1-3-18(19)23/h1-12H,13H2,(H,24,26)(H,25,27). The van der Waals surface area contributed by atoms with Gasteiger partial charge in [0.1, 0.15) is 11.6 Å². The topological polar surface area (TPSA) is 58.2 Å². The lowest BCUT2D eigenvalue weighted by molar-refractivity contribution is 0.0949. The Labute approximate surface area is 154 Å². The van der Waals surface area contributed by atoms with Crippen LogP contribution in [-0.2, 0) is 6.54 Å². The van der Waals surface area contributed by atoms with Crippen molar-refractivity contribution in [3.63, 3.8) is 0 Å². The van der Waals surface area contributed by atoms with Gasteiger partial charge in [0.25, 0.3) is 11.8 Å². The molecule has 0 radical (unpaired) electrons. The fraction of sp³-hybridized carbons (Fsp3) is 0.0476. The summed E-state index contributed by atoms with van der Waals surface area (Å²) >= 11 is 0. The Bertz CT molecular complexity index is 955. The molecule has 2 N–H and O–H groups in total. The SMILES string of the molecule is O=C(NCc1ccc(F)cc1)c1ccc(C(=O)Nc2ccccc2F)cc1. The minimum Gasteiger partial charge on any atom is -0.348 e. The number of carbonyl (C=O) groups excluding carboxylic acids is 2. The van der Waals surface area contributed by atoms with E-state index in [0.717, 1.165) is 5.56 Å². The molecule has 0 aliphatic rings. The van der Waals surface area contributed by atoms with E-state index in [-0.39, 0.29) is 24.0 Å². The van der Waals surface area contributed by atoms with E-state index in [9.17, 15) is 18.4 Å². The summed E-state index contributed by atoms with van der Waals surface area (Å²) in [7, 11) is 0. The number of carbonyl (C=O) groups is 2. The fourth-order valence-electron chi connectivity index (χ4n) is 2.42.